The molecule has 0 aliphatic carbocycles. The van der Waals surface area contributed by atoms with E-state index in [-0.39, 0.29) is 23.3 Å². The van der Waals surface area contributed by atoms with E-state index in [9.17, 15) is 18.0 Å². The average Bonchev–Trinajstić information content (AvgIpc) is 2.67. The molecule has 0 radical (unpaired) electrons. The maximum atomic E-state index is 12.0. The monoisotopic (exact) mass is 418 g/mol. The molecule has 0 aliphatic heterocycles. The summed E-state index contributed by atoms with van der Waals surface area (Å²) in [6.07, 6.45) is -0.181. The van der Waals surface area contributed by atoms with Gasteiger partial charge in [-0.15, -0.1) is 0 Å². The van der Waals surface area contributed by atoms with Gasteiger partial charge in [-0.25, -0.2) is 13.1 Å². The normalized spacial score (nSPS) is 11.7. The number of nitrogens with one attached hydrogen (secondary N) is 2. The van der Waals surface area contributed by atoms with Gasteiger partial charge in [0.2, 0.25) is 10.0 Å². The van der Waals surface area contributed by atoms with Crippen LogP contribution in [0.5, 0.6) is 0 Å². The van der Waals surface area contributed by atoms with Crippen molar-refractivity contribution >= 4 is 27.6 Å². The SMILES string of the molecule is CC(C)(C)c1ccc(NC(=O)COC(=O)CCNS(=O)(=O)c2ccccc2)cc1. The lowest BCUT2D eigenvalue weighted by Crippen LogP contribution is -2.27. The lowest BCUT2D eigenvalue weighted by atomic mass is 9.87. The maximum absolute atomic E-state index is 12.0. The van der Waals surface area contributed by atoms with Crippen molar-refractivity contribution in [1.82, 2.24) is 4.72 Å². The summed E-state index contributed by atoms with van der Waals surface area (Å²) in [5, 5.41) is 2.65. The molecule has 0 heterocycles. The van der Waals surface area contributed by atoms with Crippen LogP contribution < -0.4 is 10.0 Å². The average molecular weight is 419 g/mol. The minimum atomic E-state index is -3.68. The molecule has 0 saturated carbocycles. The van der Waals surface area contributed by atoms with Crippen LogP contribution in [-0.4, -0.2) is 33.4 Å². The van der Waals surface area contributed by atoms with Gasteiger partial charge in [0.1, 0.15) is 0 Å². The van der Waals surface area contributed by atoms with E-state index >= 15 is 0 Å². The molecule has 0 spiro atoms. The largest absolute Gasteiger partial charge is 0.456 e. The zero-order valence-corrected chi connectivity index (χ0v) is 17.6. The van der Waals surface area contributed by atoms with E-state index in [1.165, 1.54) is 12.1 Å². The van der Waals surface area contributed by atoms with Gasteiger partial charge in [-0.05, 0) is 35.2 Å². The highest BCUT2D eigenvalue weighted by Crippen LogP contribution is 2.23. The smallest absolute Gasteiger partial charge is 0.307 e. The third-order valence-electron chi connectivity index (χ3n) is 4.07. The van der Waals surface area contributed by atoms with Gasteiger partial charge >= 0.3 is 5.97 Å². The number of rotatable bonds is 8. The van der Waals surface area contributed by atoms with E-state index in [0.29, 0.717) is 5.69 Å². The van der Waals surface area contributed by atoms with Crippen molar-refractivity contribution in [3.63, 3.8) is 0 Å². The minimum absolute atomic E-state index is 0.0140. The second kappa shape index (κ2) is 9.67. The van der Waals surface area contributed by atoms with E-state index in [1.807, 2.05) is 12.1 Å². The number of hydrogen-bond acceptors (Lipinski definition) is 5. The zero-order chi connectivity index (χ0) is 21.5. The maximum Gasteiger partial charge on any atom is 0.307 e. The van der Waals surface area contributed by atoms with Crippen LogP contribution in [-0.2, 0) is 29.8 Å². The van der Waals surface area contributed by atoms with Gasteiger partial charge in [-0.3, -0.25) is 9.59 Å². The van der Waals surface area contributed by atoms with Crippen LogP contribution >= 0.6 is 0 Å². The molecule has 2 N–H and O–H groups in total. The van der Waals surface area contributed by atoms with Gasteiger partial charge in [0.15, 0.2) is 6.61 Å². The molecule has 2 rings (SSSR count). The fraction of sp³-hybridized carbons (Fsp3) is 0.333. The van der Waals surface area contributed by atoms with Gasteiger partial charge < -0.3 is 10.1 Å². The number of ether oxygens (including phenoxy) is 1. The van der Waals surface area contributed by atoms with Crippen molar-refractivity contribution in [2.24, 2.45) is 0 Å². The molecule has 0 unspecified atom stereocenters. The van der Waals surface area contributed by atoms with Gasteiger partial charge in [0.25, 0.3) is 5.91 Å². The molecule has 0 bridgehead atoms. The van der Waals surface area contributed by atoms with E-state index in [0.717, 1.165) is 5.56 Å². The first-order chi connectivity index (χ1) is 13.6. The third-order valence-corrected chi connectivity index (χ3v) is 5.55. The number of amides is 1. The highest BCUT2D eigenvalue weighted by atomic mass is 32.2. The first-order valence-corrected chi connectivity index (χ1v) is 10.7. The fourth-order valence-electron chi connectivity index (χ4n) is 2.44. The number of carbonyl (C=O) groups is 2. The van der Waals surface area contributed by atoms with Crippen molar-refractivity contribution < 1.29 is 22.7 Å². The molecule has 0 atom stereocenters. The molecule has 1 amide bonds. The summed E-state index contributed by atoms with van der Waals surface area (Å²) in [4.78, 5) is 23.8. The van der Waals surface area contributed by atoms with Crippen molar-refractivity contribution in [2.45, 2.75) is 37.5 Å². The molecule has 0 aromatic heterocycles. The summed E-state index contributed by atoms with van der Waals surface area (Å²) < 4.78 is 31.3. The minimum Gasteiger partial charge on any atom is -0.456 e. The Morgan fingerprint density at radius 3 is 2.17 bits per heavy atom. The van der Waals surface area contributed by atoms with Crippen LogP contribution in [0, 0.1) is 0 Å². The van der Waals surface area contributed by atoms with Crippen LogP contribution in [0.3, 0.4) is 0 Å². The van der Waals surface area contributed by atoms with E-state index in [1.54, 1.807) is 30.3 Å². The number of benzene rings is 2. The molecular weight excluding hydrogens is 392 g/mol. The second-order valence-corrected chi connectivity index (χ2v) is 9.26. The first-order valence-electron chi connectivity index (χ1n) is 9.19. The van der Waals surface area contributed by atoms with Crippen LogP contribution in [0.1, 0.15) is 32.8 Å². The number of esters is 1. The highest BCUT2D eigenvalue weighted by Gasteiger charge is 2.15. The lowest BCUT2D eigenvalue weighted by Gasteiger charge is -2.19. The van der Waals surface area contributed by atoms with E-state index in [4.69, 9.17) is 4.74 Å². The van der Waals surface area contributed by atoms with Crippen molar-refractivity contribution in [1.29, 1.82) is 0 Å². The molecule has 156 valence electrons. The first kappa shape index (κ1) is 22.6. The summed E-state index contributed by atoms with van der Waals surface area (Å²) in [5.74, 6) is -1.13. The molecule has 0 fully saturated rings. The number of carbonyl (C=O) groups excluding carboxylic acids is 2. The molecule has 0 saturated heterocycles. The van der Waals surface area contributed by atoms with Crippen molar-refractivity contribution in [2.75, 3.05) is 18.5 Å². The van der Waals surface area contributed by atoms with Crippen LogP contribution in [0.2, 0.25) is 0 Å². The fourth-order valence-corrected chi connectivity index (χ4v) is 3.49. The Morgan fingerprint density at radius 1 is 0.966 bits per heavy atom. The van der Waals surface area contributed by atoms with E-state index < -0.39 is 28.5 Å². The number of sulfonamides is 1. The van der Waals surface area contributed by atoms with Gasteiger partial charge in [0, 0.05) is 12.2 Å². The van der Waals surface area contributed by atoms with Gasteiger partial charge in [-0.1, -0.05) is 51.1 Å². The number of hydrogen-bond donors (Lipinski definition) is 2. The van der Waals surface area contributed by atoms with Crippen molar-refractivity contribution in [3.05, 3.63) is 60.2 Å². The van der Waals surface area contributed by atoms with E-state index in [2.05, 4.69) is 30.8 Å². The van der Waals surface area contributed by atoms with Crippen LogP contribution in [0.15, 0.2) is 59.5 Å². The summed E-state index contributed by atoms with van der Waals surface area (Å²) in [7, 11) is -3.68. The molecule has 8 heteroatoms. The Hall–Kier alpha value is -2.71. The summed E-state index contributed by atoms with van der Waals surface area (Å²) in [6, 6.07) is 15.3. The lowest BCUT2D eigenvalue weighted by molar-refractivity contribution is -0.147. The predicted octanol–water partition coefficient (Wildman–Crippen LogP) is 2.83. The Morgan fingerprint density at radius 2 is 1.59 bits per heavy atom. The highest BCUT2D eigenvalue weighted by molar-refractivity contribution is 7.89. The quantitative estimate of drug-likeness (QED) is 0.642. The number of anilines is 1. The molecule has 0 aliphatic rings. The molecular formula is C21H26N2O5S. The van der Waals surface area contributed by atoms with Crippen LogP contribution in [0.25, 0.3) is 0 Å². The third kappa shape index (κ3) is 7.32. The Bertz CT molecular complexity index is 933. The molecule has 7 nitrogen and oxygen atoms in total. The Balaban J connectivity index is 1.73. The summed E-state index contributed by atoms with van der Waals surface area (Å²) in [5.41, 5.74) is 1.76. The standard InChI is InChI=1S/C21H26N2O5S/c1-21(2,3)16-9-11-17(12-10-16)23-19(24)15-28-20(25)13-14-22-29(26,27)18-7-5-4-6-8-18/h4-12,22H,13-15H2,1-3H3,(H,23,24). The predicted molar refractivity (Wildman–Crippen MR) is 111 cm³/mol. The topological polar surface area (TPSA) is 102 Å². The molecule has 29 heavy (non-hydrogen) atoms. The molecule has 2 aromatic carbocycles. The van der Waals surface area contributed by atoms with Crippen LogP contribution in [0.4, 0.5) is 5.69 Å². The summed E-state index contributed by atoms with van der Waals surface area (Å²) in [6.45, 7) is 5.73. The zero-order valence-electron chi connectivity index (χ0n) is 16.8. The molecule has 2 aromatic rings. The van der Waals surface area contributed by atoms with Gasteiger partial charge in [0.05, 0.1) is 11.3 Å². The second-order valence-electron chi connectivity index (χ2n) is 7.50. The van der Waals surface area contributed by atoms with Crippen molar-refractivity contribution in [3.8, 4) is 0 Å². The Kier molecular flexibility index (Phi) is 7.53. The summed E-state index contributed by atoms with van der Waals surface area (Å²) >= 11 is 0. The Labute approximate surface area is 171 Å². The van der Waals surface area contributed by atoms with Gasteiger partial charge in [-0.2, -0.15) is 0 Å².